The summed E-state index contributed by atoms with van der Waals surface area (Å²) >= 11 is 0. The molecule has 1 aromatic heterocycles. The molecule has 4 nitrogen and oxygen atoms in total. The highest BCUT2D eigenvalue weighted by Crippen LogP contribution is 2.29. The summed E-state index contributed by atoms with van der Waals surface area (Å²) in [6, 6.07) is 6.53. The average molecular weight is 355 g/mol. The van der Waals surface area contributed by atoms with Gasteiger partial charge in [0.05, 0.1) is 5.69 Å². The number of nitrogens with zero attached hydrogens (tertiary/aromatic N) is 3. The molecule has 4 rings (SSSR count). The van der Waals surface area contributed by atoms with Crippen molar-refractivity contribution < 1.29 is 9.18 Å². The lowest BCUT2D eigenvalue weighted by Crippen LogP contribution is -2.39. The van der Waals surface area contributed by atoms with Gasteiger partial charge in [0.2, 0.25) is 0 Å². The second-order valence-corrected chi connectivity index (χ2v) is 7.70. The number of aromatic nitrogens is 2. The van der Waals surface area contributed by atoms with Gasteiger partial charge in [-0.1, -0.05) is 25.5 Å². The first-order valence-electron chi connectivity index (χ1n) is 9.78. The summed E-state index contributed by atoms with van der Waals surface area (Å²) in [6.07, 6.45) is 6.40. The molecular formula is C21H26FN3O. The predicted molar refractivity (Wildman–Crippen MR) is 99.5 cm³/mol. The van der Waals surface area contributed by atoms with E-state index in [1.807, 2.05) is 11.0 Å². The van der Waals surface area contributed by atoms with Crippen LogP contribution >= 0.6 is 0 Å². The van der Waals surface area contributed by atoms with Gasteiger partial charge in [-0.15, -0.1) is 0 Å². The minimum absolute atomic E-state index is 0.0462. The van der Waals surface area contributed by atoms with Gasteiger partial charge < -0.3 is 9.47 Å². The molecule has 26 heavy (non-hydrogen) atoms. The number of carbonyl (C=O) groups is 1. The van der Waals surface area contributed by atoms with Crippen LogP contribution in [-0.2, 0) is 13.0 Å². The van der Waals surface area contributed by atoms with Gasteiger partial charge in [-0.25, -0.2) is 9.37 Å². The molecule has 0 spiro atoms. The summed E-state index contributed by atoms with van der Waals surface area (Å²) < 4.78 is 15.9. The highest BCUT2D eigenvalue weighted by Gasteiger charge is 2.29. The quantitative estimate of drug-likeness (QED) is 0.806. The molecule has 0 bridgehead atoms. The first kappa shape index (κ1) is 17.3. The number of hydrogen-bond donors (Lipinski definition) is 0. The topological polar surface area (TPSA) is 38.1 Å². The molecule has 1 fully saturated rings. The fraction of sp³-hybridized carbons (Fsp3) is 0.524. The van der Waals surface area contributed by atoms with Crippen LogP contribution in [0.5, 0.6) is 0 Å². The van der Waals surface area contributed by atoms with E-state index in [1.165, 1.54) is 18.6 Å². The third-order valence-electron chi connectivity index (χ3n) is 5.60. The molecule has 0 saturated carbocycles. The summed E-state index contributed by atoms with van der Waals surface area (Å²) in [7, 11) is 0. The third kappa shape index (κ3) is 3.27. The van der Waals surface area contributed by atoms with E-state index in [0.717, 1.165) is 68.8 Å². The van der Waals surface area contributed by atoms with E-state index in [4.69, 9.17) is 4.98 Å². The van der Waals surface area contributed by atoms with Crippen molar-refractivity contribution in [1.29, 1.82) is 0 Å². The number of hydrogen-bond acceptors (Lipinski definition) is 2. The van der Waals surface area contributed by atoms with E-state index < -0.39 is 0 Å². The minimum Gasteiger partial charge on any atom is -0.337 e. The molecule has 138 valence electrons. The number of likely N-dealkylation sites (tertiary alicyclic amines) is 1. The first-order chi connectivity index (χ1) is 12.6. The van der Waals surface area contributed by atoms with Crippen molar-refractivity contribution in [1.82, 2.24) is 14.5 Å². The van der Waals surface area contributed by atoms with Crippen LogP contribution in [0.4, 0.5) is 4.39 Å². The molecule has 0 aliphatic carbocycles. The van der Waals surface area contributed by atoms with Crippen molar-refractivity contribution in [2.45, 2.75) is 52.0 Å². The van der Waals surface area contributed by atoms with Crippen LogP contribution in [0.2, 0.25) is 0 Å². The lowest BCUT2D eigenvalue weighted by atomic mass is 10.00. The van der Waals surface area contributed by atoms with Crippen LogP contribution in [-0.4, -0.2) is 33.4 Å². The third-order valence-corrected chi connectivity index (χ3v) is 5.60. The molecule has 1 amide bonds. The highest BCUT2D eigenvalue weighted by molar-refractivity contribution is 5.94. The molecule has 1 saturated heterocycles. The Labute approximate surface area is 154 Å². The Morgan fingerprint density at radius 1 is 1.19 bits per heavy atom. The molecule has 2 aromatic rings. The molecule has 3 heterocycles. The number of imidazole rings is 1. The number of rotatable bonds is 2. The molecule has 1 atom stereocenters. The Bertz CT molecular complexity index is 814. The van der Waals surface area contributed by atoms with Crippen LogP contribution in [0.25, 0.3) is 11.4 Å². The monoisotopic (exact) mass is 355 g/mol. The summed E-state index contributed by atoms with van der Waals surface area (Å²) in [6.45, 7) is 4.66. The van der Waals surface area contributed by atoms with E-state index in [9.17, 15) is 9.18 Å². The van der Waals surface area contributed by atoms with Gasteiger partial charge in [0.25, 0.3) is 5.91 Å². The average Bonchev–Trinajstić information content (AvgIpc) is 2.82. The second kappa shape index (κ2) is 7.22. The Balaban J connectivity index is 1.76. The summed E-state index contributed by atoms with van der Waals surface area (Å²) in [5.74, 6) is 1.04. The predicted octanol–water partition coefficient (Wildman–Crippen LogP) is 4.29. The standard InChI is InChI=1S/C21H26FN3O/c1-15-7-6-11-24(14-15)21(26)19-18-10-3-2-4-12-25(18)20(23-19)16-8-5-9-17(22)13-16/h5,8-9,13,15H,2-4,6-7,10-12,14H2,1H3/t15-/m0/s1. The van der Waals surface area contributed by atoms with Gasteiger partial charge in [0.1, 0.15) is 17.3 Å². The lowest BCUT2D eigenvalue weighted by Gasteiger charge is -2.30. The van der Waals surface area contributed by atoms with Crippen LogP contribution in [0.1, 0.15) is 55.2 Å². The molecule has 2 aliphatic heterocycles. The number of carbonyl (C=O) groups excluding carboxylic acids is 1. The van der Waals surface area contributed by atoms with E-state index >= 15 is 0 Å². The Morgan fingerprint density at radius 3 is 2.88 bits per heavy atom. The van der Waals surface area contributed by atoms with Crippen molar-refractivity contribution in [3.63, 3.8) is 0 Å². The van der Waals surface area contributed by atoms with E-state index in [0.29, 0.717) is 11.6 Å². The molecule has 0 unspecified atom stereocenters. The maximum absolute atomic E-state index is 13.8. The van der Waals surface area contributed by atoms with Gasteiger partial charge >= 0.3 is 0 Å². The molecule has 1 aromatic carbocycles. The van der Waals surface area contributed by atoms with Gasteiger partial charge in [-0.2, -0.15) is 0 Å². The zero-order valence-electron chi connectivity index (χ0n) is 15.4. The zero-order chi connectivity index (χ0) is 18.1. The fourth-order valence-corrected chi connectivity index (χ4v) is 4.26. The Morgan fingerprint density at radius 2 is 2.08 bits per heavy atom. The number of fused-ring (bicyclic) bond motifs is 1. The van der Waals surface area contributed by atoms with Crippen molar-refractivity contribution >= 4 is 5.91 Å². The molecular weight excluding hydrogens is 329 g/mol. The Kier molecular flexibility index (Phi) is 4.79. The normalized spacial score (nSPS) is 20.5. The van der Waals surface area contributed by atoms with Gasteiger partial charge in [-0.3, -0.25) is 4.79 Å². The smallest absolute Gasteiger partial charge is 0.274 e. The van der Waals surface area contributed by atoms with Crippen LogP contribution < -0.4 is 0 Å². The molecule has 2 aliphatic rings. The number of amides is 1. The second-order valence-electron chi connectivity index (χ2n) is 7.70. The molecule has 5 heteroatoms. The van der Waals surface area contributed by atoms with E-state index in [-0.39, 0.29) is 11.7 Å². The van der Waals surface area contributed by atoms with Gasteiger partial charge in [-0.05, 0) is 50.2 Å². The number of halogens is 1. The highest BCUT2D eigenvalue weighted by atomic mass is 19.1. The molecule has 0 radical (unpaired) electrons. The lowest BCUT2D eigenvalue weighted by molar-refractivity contribution is 0.0676. The first-order valence-corrected chi connectivity index (χ1v) is 9.78. The molecule has 0 N–H and O–H groups in total. The number of piperidine rings is 1. The van der Waals surface area contributed by atoms with Crippen molar-refractivity contribution in [3.8, 4) is 11.4 Å². The van der Waals surface area contributed by atoms with Crippen molar-refractivity contribution in [2.24, 2.45) is 5.92 Å². The van der Waals surface area contributed by atoms with Gasteiger partial charge in [0.15, 0.2) is 0 Å². The van der Waals surface area contributed by atoms with Crippen molar-refractivity contribution in [2.75, 3.05) is 13.1 Å². The van der Waals surface area contributed by atoms with Crippen LogP contribution in [0, 0.1) is 11.7 Å². The number of benzene rings is 1. The van der Waals surface area contributed by atoms with Crippen LogP contribution in [0.15, 0.2) is 24.3 Å². The minimum atomic E-state index is -0.272. The summed E-state index contributed by atoms with van der Waals surface area (Å²) in [5.41, 5.74) is 2.37. The fourth-order valence-electron chi connectivity index (χ4n) is 4.26. The maximum Gasteiger partial charge on any atom is 0.274 e. The Hall–Kier alpha value is -2.17. The maximum atomic E-state index is 13.8. The van der Waals surface area contributed by atoms with Gasteiger partial charge in [0, 0.05) is 25.2 Å². The SMILES string of the molecule is C[C@H]1CCCN(C(=O)c2nc(-c3cccc(F)c3)n3c2CCCCC3)C1. The largest absolute Gasteiger partial charge is 0.337 e. The summed E-state index contributed by atoms with van der Waals surface area (Å²) in [5, 5.41) is 0. The summed E-state index contributed by atoms with van der Waals surface area (Å²) in [4.78, 5) is 19.9. The zero-order valence-corrected chi connectivity index (χ0v) is 15.4. The van der Waals surface area contributed by atoms with Crippen LogP contribution in [0.3, 0.4) is 0 Å². The van der Waals surface area contributed by atoms with E-state index in [2.05, 4.69) is 11.5 Å². The van der Waals surface area contributed by atoms with Crippen molar-refractivity contribution in [3.05, 3.63) is 41.5 Å². The van der Waals surface area contributed by atoms with E-state index in [1.54, 1.807) is 6.07 Å².